The maximum Gasteiger partial charge on any atom is 0.243 e. The normalized spacial score (nSPS) is 10.9. The SMILES string of the molecule is COc1cc(NCC(=O)Nc2ccccc2Br)c(OC)c(S(C)(=O)=O)c1. The first-order chi connectivity index (χ1) is 12.3. The van der Waals surface area contributed by atoms with Crippen LogP contribution in [0.1, 0.15) is 0 Å². The van der Waals surface area contributed by atoms with Crippen molar-refractivity contribution in [3.8, 4) is 11.5 Å². The van der Waals surface area contributed by atoms with Crippen LogP contribution in [0.2, 0.25) is 0 Å². The van der Waals surface area contributed by atoms with Gasteiger partial charge in [0.1, 0.15) is 10.6 Å². The van der Waals surface area contributed by atoms with Gasteiger partial charge in [0.05, 0.1) is 32.1 Å². The molecule has 0 saturated heterocycles. The number of carbonyl (C=O) groups excluding carboxylic acids is 1. The number of para-hydroxylation sites is 1. The Kier molecular flexibility index (Phi) is 6.49. The Labute approximate surface area is 160 Å². The highest BCUT2D eigenvalue weighted by atomic mass is 79.9. The van der Waals surface area contributed by atoms with Gasteiger partial charge < -0.3 is 20.1 Å². The van der Waals surface area contributed by atoms with Crippen LogP contribution in [0.5, 0.6) is 11.5 Å². The number of anilines is 2. The smallest absolute Gasteiger partial charge is 0.243 e. The molecule has 2 rings (SSSR count). The van der Waals surface area contributed by atoms with Crippen molar-refractivity contribution in [1.82, 2.24) is 0 Å². The molecule has 0 heterocycles. The van der Waals surface area contributed by atoms with Crippen molar-refractivity contribution in [1.29, 1.82) is 0 Å². The lowest BCUT2D eigenvalue weighted by molar-refractivity contribution is -0.114. The molecule has 0 spiro atoms. The number of carbonyl (C=O) groups is 1. The fraction of sp³-hybridized carbons (Fsp3) is 0.235. The summed E-state index contributed by atoms with van der Waals surface area (Å²) in [4.78, 5) is 12.2. The van der Waals surface area contributed by atoms with Gasteiger partial charge in [0, 0.05) is 22.9 Å². The summed E-state index contributed by atoms with van der Waals surface area (Å²) < 4.78 is 35.1. The second-order valence-electron chi connectivity index (χ2n) is 5.36. The van der Waals surface area contributed by atoms with Gasteiger partial charge in [-0.2, -0.15) is 0 Å². The van der Waals surface area contributed by atoms with E-state index in [1.807, 2.05) is 12.1 Å². The lowest BCUT2D eigenvalue weighted by Gasteiger charge is -2.16. The molecular formula is C17H19BrN2O5S. The van der Waals surface area contributed by atoms with Gasteiger partial charge in [-0.25, -0.2) is 8.42 Å². The number of nitrogens with one attached hydrogen (secondary N) is 2. The molecule has 0 saturated carbocycles. The molecule has 2 N–H and O–H groups in total. The van der Waals surface area contributed by atoms with Gasteiger partial charge >= 0.3 is 0 Å². The predicted molar refractivity (Wildman–Crippen MR) is 104 cm³/mol. The number of halogens is 1. The summed E-state index contributed by atoms with van der Waals surface area (Å²) in [7, 11) is -0.753. The summed E-state index contributed by atoms with van der Waals surface area (Å²) in [5.74, 6) is 0.157. The largest absolute Gasteiger partial charge is 0.497 e. The fourth-order valence-corrected chi connectivity index (χ4v) is 3.49. The van der Waals surface area contributed by atoms with Crippen LogP contribution in [0.25, 0.3) is 0 Å². The second-order valence-corrected chi connectivity index (χ2v) is 8.20. The Morgan fingerprint density at radius 3 is 2.38 bits per heavy atom. The van der Waals surface area contributed by atoms with E-state index in [4.69, 9.17) is 9.47 Å². The zero-order valence-electron chi connectivity index (χ0n) is 14.5. The van der Waals surface area contributed by atoms with Crippen LogP contribution in [-0.4, -0.2) is 41.3 Å². The third kappa shape index (κ3) is 4.89. The van der Waals surface area contributed by atoms with Crippen molar-refractivity contribution in [3.63, 3.8) is 0 Å². The van der Waals surface area contributed by atoms with Crippen LogP contribution < -0.4 is 20.1 Å². The van der Waals surface area contributed by atoms with Crippen LogP contribution in [0, 0.1) is 0 Å². The van der Waals surface area contributed by atoms with Gasteiger partial charge in [0.2, 0.25) is 5.91 Å². The molecule has 0 aliphatic heterocycles. The van der Waals surface area contributed by atoms with Gasteiger partial charge in [-0.15, -0.1) is 0 Å². The minimum Gasteiger partial charge on any atom is -0.497 e. The molecule has 0 atom stereocenters. The molecule has 0 radical (unpaired) electrons. The van der Waals surface area contributed by atoms with Crippen molar-refractivity contribution in [2.45, 2.75) is 4.90 Å². The van der Waals surface area contributed by atoms with Crippen molar-refractivity contribution in [2.24, 2.45) is 0 Å². The molecule has 0 aromatic heterocycles. The first-order valence-corrected chi connectivity index (χ1v) is 10.2. The highest BCUT2D eigenvalue weighted by Gasteiger charge is 2.20. The third-order valence-electron chi connectivity index (χ3n) is 3.46. The van der Waals surface area contributed by atoms with E-state index in [0.717, 1.165) is 10.7 Å². The van der Waals surface area contributed by atoms with Crippen LogP contribution in [0.4, 0.5) is 11.4 Å². The van der Waals surface area contributed by atoms with E-state index in [-0.39, 0.29) is 23.1 Å². The summed E-state index contributed by atoms with van der Waals surface area (Å²) in [5, 5.41) is 5.65. The number of ether oxygens (including phenoxy) is 2. The molecule has 26 heavy (non-hydrogen) atoms. The Balaban J connectivity index is 2.23. The number of amides is 1. The third-order valence-corrected chi connectivity index (χ3v) is 5.25. The predicted octanol–water partition coefficient (Wildman–Crippen LogP) is 2.92. The van der Waals surface area contributed by atoms with Crippen LogP contribution in [-0.2, 0) is 14.6 Å². The van der Waals surface area contributed by atoms with Crippen molar-refractivity contribution in [3.05, 3.63) is 40.9 Å². The zero-order chi connectivity index (χ0) is 19.3. The Morgan fingerprint density at radius 1 is 1.12 bits per heavy atom. The molecule has 2 aromatic carbocycles. The molecule has 9 heteroatoms. The lowest BCUT2D eigenvalue weighted by Crippen LogP contribution is -2.22. The molecule has 0 aliphatic carbocycles. The highest BCUT2D eigenvalue weighted by molar-refractivity contribution is 9.10. The van der Waals surface area contributed by atoms with Crippen molar-refractivity contribution in [2.75, 3.05) is 37.7 Å². The zero-order valence-corrected chi connectivity index (χ0v) is 16.9. The molecular weight excluding hydrogens is 424 g/mol. The average molecular weight is 443 g/mol. The van der Waals surface area contributed by atoms with E-state index in [2.05, 4.69) is 26.6 Å². The summed E-state index contributed by atoms with van der Waals surface area (Å²) >= 11 is 3.36. The van der Waals surface area contributed by atoms with Gasteiger partial charge in [-0.1, -0.05) is 12.1 Å². The van der Waals surface area contributed by atoms with Crippen molar-refractivity contribution >= 4 is 43.0 Å². The second kappa shape index (κ2) is 8.41. The topological polar surface area (TPSA) is 93.7 Å². The molecule has 0 unspecified atom stereocenters. The summed E-state index contributed by atoms with van der Waals surface area (Å²) in [6.45, 7) is -0.0892. The number of benzene rings is 2. The number of methoxy groups -OCH3 is 2. The van der Waals surface area contributed by atoms with Crippen LogP contribution in [0.15, 0.2) is 45.8 Å². The molecule has 1 amide bonds. The van der Waals surface area contributed by atoms with Crippen LogP contribution in [0.3, 0.4) is 0 Å². The monoisotopic (exact) mass is 442 g/mol. The van der Waals surface area contributed by atoms with Gasteiger partial charge in [-0.3, -0.25) is 4.79 Å². The summed E-state index contributed by atoms with van der Waals surface area (Å²) in [6.07, 6.45) is 1.08. The molecule has 140 valence electrons. The van der Waals surface area contributed by atoms with Gasteiger partial charge in [0.25, 0.3) is 0 Å². The molecule has 0 fully saturated rings. The number of rotatable bonds is 7. The Morgan fingerprint density at radius 2 is 1.81 bits per heavy atom. The minimum absolute atomic E-state index is 0.0203. The van der Waals surface area contributed by atoms with Crippen LogP contribution >= 0.6 is 15.9 Å². The van der Waals surface area contributed by atoms with E-state index in [0.29, 0.717) is 17.1 Å². The van der Waals surface area contributed by atoms with Crippen molar-refractivity contribution < 1.29 is 22.7 Å². The maximum absolute atomic E-state index is 12.2. The van der Waals surface area contributed by atoms with E-state index in [9.17, 15) is 13.2 Å². The van der Waals surface area contributed by atoms with E-state index >= 15 is 0 Å². The first kappa shape index (κ1) is 20.1. The summed E-state index contributed by atoms with van der Waals surface area (Å²) in [5.41, 5.74) is 0.975. The summed E-state index contributed by atoms with van der Waals surface area (Å²) in [6, 6.07) is 10.2. The fourth-order valence-electron chi connectivity index (χ4n) is 2.24. The molecule has 0 aliphatic rings. The average Bonchev–Trinajstić information content (AvgIpc) is 2.60. The number of sulfone groups is 1. The molecule has 7 nitrogen and oxygen atoms in total. The number of hydrogen-bond acceptors (Lipinski definition) is 6. The quantitative estimate of drug-likeness (QED) is 0.684. The molecule has 2 aromatic rings. The van der Waals surface area contributed by atoms with E-state index in [1.54, 1.807) is 18.2 Å². The maximum atomic E-state index is 12.2. The van der Waals surface area contributed by atoms with E-state index in [1.165, 1.54) is 20.3 Å². The first-order valence-electron chi connectivity index (χ1n) is 7.50. The minimum atomic E-state index is -3.55. The van der Waals surface area contributed by atoms with Gasteiger partial charge in [0.15, 0.2) is 15.6 Å². The number of hydrogen-bond donors (Lipinski definition) is 2. The lowest BCUT2D eigenvalue weighted by atomic mass is 10.2. The van der Waals surface area contributed by atoms with Gasteiger partial charge in [-0.05, 0) is 28.1 Å². The Bertz CT molecular complexity index is 915. The highest BCUT2D eigenvalue weighted by Crippen LogP contribution is 2.36. The molecule has 0 bridgehead atoms. The van der Waals surface area contributed by atoms with E-state index < -0.39 is 9.84 Å². The Hall–Kier alpha value is -2.26. The standard InChI is InChI=1S/C17H19BrN2O5S/c1-24-11-8-14(17(25-2)15(9-11)26(3,22)23)19-10-16(21)20-13-7-5-4-6-12(13)18/h4-9,19H,10H2,1-3H3,(H,20,21).